The third-order valence-corrected chi connectivity index (χ3v) is 6.89. The summed E-state index contributed by atoms with van der Waals surface area (Å²) in [5.74, 6) is -0.0332. The molecule has 3 nitrogen and oxygen atoms in total. The first-order valence-corrected chi connectivity index (χ1v) is 11.8. The fourth-order valence-corrected chi connectivity index (χ4v) is 4.97. The molecule has 0 N–H and O–H groups in total. The number of carbonyl (C=O) groups is 1. The minimum atomic E-state index is -0.197. The molecular weight excluding hydrogens is 435 g/mol. The molecule has 4 rings (SSSR count). The van der Waals surface area contributed by atoms with Crippen LogP contribution in [0.15, 0.2) is 72.8 Å². The maximum Gasteiger partial charge on any atom is 0.227 e. The summed E-state index contributed by atoms with van der Waals surface area (Å²) in [7, 11) is 1.87. The number of rotatable bonds is 6. The number of nitrogens with zero attached hydrogens (tertiary/aromatic N) is 2. The normalized spacial score (nSPS) is 18.8. The molecule has 2 atom stereocenters. The van der Waals surface area contributed by atoms with Gasteiger partial charge in [-0.05, 0) is 53.6 Å². The lowest BCUT2D eigenvalue weighted by Gasteiger charge is -2.39. The standard InChI is InChI=1S/C28H30ClFN2O/c1-20-14-22(12-13-27(20)30)24-15-25(28(33)31(2)16-21-8-4-3-5-9-21)19-32(18-24)17-23-10-6-7-11-26(23)29/h3-14,24-25H,15-19H2,1-2H3/t24-,25+/m1/s1. The van der Waals surface area contributed by atoms with Crippen LogP contribution in [-0.2, 0) is 17.9 Å². The zero-order chi connectivity index (χ0) is 23.4. The van der Waals surface area contributed by atoms with Gasteiger partial charge in [-0.1, -0.05) is 72.3 Å². The fourth-order valence-electron chi connectivity index (χ4n) is 4.78. The number of amides is 1. The summed E-state index contributed by atoms with van der Waals surface area (Å²) in [6.45, 7) is 4.55. The molecule has 3 aromatic rings. The van der Waals surface area contributed by atoms with Gasteiger partial charge in [0.2, 0.25) is 5.91 Å². The highest BCUT2D eigenvalue weighted by molar-refractivity contribution is 6.31. The first kappa shape index (κ1) is 23.5. The van der Waals surface area contributed by atoms with Crippen molar-refractivity contribution in [1.82, 2.24) is 9.80 Å². The van der Waals surface area contributed by atoms with E-state index in [0.717, 1.165) is 34.7 Å². The highest BCUT2D eigenvalue weighted by atomic mass is 35.5. The van der Waals surface area contributed by atoms with Crippen LogP contribution in [0.1, 0.15) is 34.6 Å². The van der Waals surface area contributed by atoms with Crippen LogP contribution in [-0.4, -0.2) is 35.8 Å². The van der Waals surface area contributed by atoms with E-state index in [9.17, 15) is 9.18 Å². The Labute approximate surface area is 200 Å². The summed E-state index contributed by atoms with van der Waals surface area (Å²) in [6, 6.07) is 23.2. The van der Waals surface area contributed by atoms with E-state index in [-0.39, 0.29) is 23.6 Å². The third kappa shape index (κ3) is 5.82. The summed E-state index contributed by atoms with van der Waals surface area (Å²) in [4.78, 5) is 17.6. The lowest BCUT2D eigenvalue weighted by molar-refractivity contribution is -0.137. The summed E-state index contributed by atoms with van der Waals surface area (Å²) >= 11 is 6.43. The first-order chi connectivity index (χ1) is 15.9. The van der Waals surface area contributed by atoms with Crippen LogP contribution in [0.5, 0.6) is 0 Å². The number of hydrogen-bond donors (Lipinski definition) is 0. The van der Waals surface area contributed by atoms with Gasteiger partial charge in [-0.25, -0.2) is 4.39 Å². The average molecular weight is 465 g/mol. The summed E-state index contributed by atoms with van der Waals surface area (Å²) < 4.78 is 13.9. The Morgan fingerprint density at radius 3 is 2.52 bits per heavy atom. The molecule has 0 bridgehead atoms. The van der Waals surface area contributed by atoms with Crippen molar-refractivity contribution in [3.8, 4) is 0 Å². The number of hydrogen-bond acceptors (Lipinski definition) is 2. The zero-order valence-corrected chi connectivity index (χ0v) is 19.9. The van der Waals surface area contributed by atoms with Crippen molar-refractivity contribution in [2.24, 2.45) is 5.92 Å². The van der Waals surface area contributed by atoms with Crippen LogP contribution in [0.4, 0.5) is 4.39 Å². The Morgan fingerprint density at radius 1 is 1.06 bits per heavy atom. The second-order valence-electron chi connectivity index (χ2n) is 9.10. The number of piperidine rings is 1. The van der Waals surface area contributed by atoms with Crippen LogP contribution in [0.25, 0.3) is 0 Å². The zero-order valence-electron chi connectivity index (χ0n) is 19.2. The molecule has 1 amide bonds. The topological polar surface area (TPSA) is 23.6 Å². The van der Waals surface area contributed by atoms with E-state index in [1.165, 1.54) is 6.07 Å². The first-order valence-electron chi connectivity index (χ1n) is 11.4. The molecule has 33 heavy (non-hydrogen) atoms. The Morgan fingerprint density at radius 2 is 1.79 bits per heavy atom. The van der Waals surface area contributed by atoms with E-state index in [1.54, 1.807) is 6.92 Å². The van der Waals surface area contributed by atoms with Crippen LogP contribution in [0, 0.1) is 18.7 Å². The average Bonchev–Trinajstić information content (AvgIpc) is 2.82. The predicted octanol–water partition coefficient (Wildman–Crippen LogP) is 6.05. The van der Waals surface area contributed by atoms with Gasteiger partial charge in [-0.2, -0.15) is 0 Å². The van der Waals surface area contributed by atoms with Crippen molar-refractivity contribution >= 4 is 17.5 Å². The van der Waals surface area contributed by atoms with E-state index < -0.39 is 0 Å². The molecule has 0 aromatic heterocycles. The molecule has 1 fully saturated rings. The van der Waals surface area contributed by atoms with Gasteiger partial charge in [-0.15, -0.1) is 0 Å². The smallest absolute Gasteiger partial charge is 0.227 e. The molecule has 0 saturated carbocycles. The van der Waals surface area contributed by atoms with Crippen molar-refractivity contribution in [3.05, 3.63) is 106 Å². The summed E-state index contributed by atoms with van der Waals surface area (Å²) in [5.41, 5.74) is 3.89. The quantitative estimate of drug-likeness (QED) is 0.443. The second-order valence-corrected chi connectivity index (χ2v) is 9.51. The molecule has 1 aliphatic heterocycles. The molecule has 1 heterocycles. The monoisotopic (exact) mass is 464 g/mol. The van der Waals surface area contributed by atoms with Gasteiger partial charge in [0.25, 0.3) is 0 Å². The van der Waals surface area contributed by atoms with Gasteiger partial charge in [0.1, 0.15) is 5.82 Å². The number of aryl methyl sites for hydroxylation is 1. The Hall–Kier alpha value is -2.69. The Kier molecular flexibility index (Phi) is 7.46. The van der Waals surface area contributed by atoms with E-state index in [0.29, 0.717) is 25.2 Å². The molecule has 1 saturated heterocycles. The maximum absolute atomic E-state index is 13.9. The van der Waals surface area contributed by atoms with Crippen molar-refractivity contribution < 1.29 is 9.18 Å². The van der Waals surface area contributed by atoms with Gasteiger partial charge in [-0.3, -0.25) is 9.69 Å². The highest BCUT2D eigenvalue weighted by Gasteiger charge is 2.34. The third-order valence-electron chi connectivity index (χ3n) is 6.52. The second kappa shape index (κ2) is 10.5. The van der Waals surface area contributed by atoms with Crippen molar-refractivity contribution in [2.45, 2.75) is 32.4 Å². The van der Waals surface area contributed by atoms with Gasteiger partial charge in [0.05, 0.1) is 5.92 Å². The molecular formula is C28H30ClFN2O. The molecule has 172 valence electrons. The van der Waals surface area contributed by atoms with Crippen molar-refractivity contribution in [1.29, 1.82) is 0 Å². The van der Waals surface area contributed by atoms with Gasteiger partial charge >= 0.3 is 0 Å². The van der Waals surface area contributed by atoms with Gasteiger partial charge in [0.15, 0.2) is 0 Å². The number of likely N-dealkylation sites (tertiary alicyclic amines) is 1. The van der Waals surface area contributed by atoms with E-state index in [1.807, 2.05) is 78.7 Å². The molecule has 0 radical (unpaired) electrons. The van der Waals surface area contributed by atoms with Gasteiger partial charge < -0.3 is 4.90 Å². The van der Waals surface area contributed by atoms with Gasteiger partial charge in [0, 0.05) is 38.2 Å². The fraction of sp³-hybridized carbons (Fsp3) is 0.321. The molecule has 5 heteroatoms. The predicted molar refractivity (Wildman–Crippen MR) is 132 cm³/mol. The summed E-state index contributed by atoms with van der Waals surface area (Å²) in [6.07, 6.45) is 0.752. The minimum absolute atomic E-state index is 0.134. The summed E-state index contributed by atoms with van der Waals surface area (Å²) in [5, 5.41) is 0.737. The van der Waals surface area contributed by atoms with E-state index in [4.69, 9.17) is 11.6 Å². The van der Waals surface area contributed by atoms with Crippen LogP contribution in [0.2, 0.25) is 5.02 Å². The lowest BCUT2D eigenvalue weighted by Crippen LogP contribution is -2.45. The van der Waals surface area contributed by atoms with Crippen LogP contribution >= 0.6 is 11.6 Å². The maximum atomic E-state index is 13.9. The number of benzene rings is 3. The Bertz CT molecular complexity index is 1100. The molecule has 0 unspecified atom stereocenters. The molecule has 0 aliphatic carbocycles. The molecule has 0 spiro atoms. The molecule has 3 aromatic carbocycles. The number of halogens is 2. The van der Waals surface area contributed by atoms with Crippen molar-refractivity contribution in [3.63, 3.8) is 0 Å². The van der Waals surface area contributed by atoms with Crippen LogP contribution < -0.4 is 0 Å². The minimum Gasteiger partial charge on any atom is -0.341 e. The SMILES string of the molecule is Cc1cc([C@@H]2C[C@H](C(=O)N(C)Cc3ccccc3)CN(Cc3ccccc3Cl)C2)ccc1F. The van der Waals surface area contributed by atoms with Crippen LogP contribution in [0.3, 0.4) is 0 Å². The molecule has 1 aliphatic rings. The van der Waals surface area contributed by atoms with Crippen molar-refractivity contribution in [2.75, 3.05) is 20.1 Å². The largest absolute Gasteiger partial charge is 0.341 e. The highest BCUT2D eigenvalue weighted by Crippen LogP contribution is 2.33. The lowest BCUT2D eigenvalue weighted by atomic mass is 9.83. The number of carbonyl (C=O) groups excluding carboxylic acids is 1. The van der Waals surface area contributed by atoms with E-state index in [2.05, 4.69) is 4.90 Å². The Balaban J connectivity index is 1.56. The van der Waals surface area contributed by atoms with E-state index >= 15 is 0 Å².